The number of ether oxygens (including phenoxy) is 1. The van der Waals surface area contributed by atoms with Gasteiger partial charge in [0.15, 0.2) is 5.75 Å². The minimum absolute atomic E-state index is 0.122. The lowest BCUT2D eigenvalue weighted by Gasteiger charge is -2.16. The predicted molar refractivity (Wildman–Crippen MR) is 105 cm³/mol. The molecule has 0 spiro atoms. The summed E-state index contributed by atoms with van der Waals surface area (Å²) in [6.45, 7) is 4.01. The van der Waals surface area contributed by atoms with Crippen molar-refractivity contribution in [1.29, 1.82) is 0 Å². The molecule has 0 amide bonds. The molecular weight excluding hydrogens is 383 g/mol. The number of anilines is 3. The second-order valence-electron chi connectivity index (χ2n) is 6.32. The first kappa shape index (κ1) is 20.4. The zero-order valence-corrected chi connectivity index (χ0v) is 15.9. The molecule has 0 saturated heterocycles. The fourth-order valence-electron chi connectivity index (χ4n) is 2.49. The molecule has 0 radical (unpaired) electrons. The fraction of sp³-hybridized carbons (Fsp3) is 0.250. The molecule has 0 aliphatic heterocycles. The zero-order valence-electron chi connectivity index (χ0n) is 15.9. The Morgan fingerprint density at radius 2 is 1.79 bits per heavy atom. The third-order valence-corrected chi connectivity index (χ3v) is 4.07. The second-order valence-corrected chi connectivity index (χ2v) is 6.32. The van der Waals surface area contributed by atoms with Gasteiger partial charge in [0.1, 0.15) is 5.82 Å². The summed E-state index contributed by atoms with van der Waals surface area (Å²) in [6, 6.07) is 11.1. The van der Waals surface area contributed by atoms with Gasteiger partial charge in [-0.25, -0.2) is 4.98 Å². The largest absolute Gasteiger partial charge is 0.573 e. The van der Waals surface area contributed by atoms with Crippen molar-refractivity contribution >= 4 is 17.5 Å². The Labute approximate surface area is 166 Å². The highest BCUT2D eigenvalue weighted by Gasteiger charge is 2.32. The van der Waals surface area contributed by atoms with Crippen molar-refractivity contribution in [3.05, 3.63) is 54.9 Å². The number of halogens is 3. The molecule has 0 fully saturated rings. The molecule has 3 rings (SSSR count). The first-order chi connectivity index (χ1) is 13.8. The standard InChI is InChI=1S/C20H20F3N5O/c1-3-13(2)25-19-27-16(14-8-10-24-11-9-14)12-18(28-19)26-15-6-4-5-7-17(15)29-20(21,22)23/h4-13H,3H2,1-2H3,(H2,25,26,27,28)/t13-/m1/s1. The van der Waals surface area contributed by atoms with E-state index in [-0.39, 0.29) is 17.5 Å². The number of benzene rings is 1. The lowest BCUT2D eigenvalue weighted by Crippen LogP contribution is -2.18. The summed E-state index contributed by atoms with van der Waals surface area (Å²) in [5.74, 6) is 0.349. The quantitative estimate of drug-likeness (QED) is 0.551. The molecule has 2 heterocycles. The van der Waals surface area contributed by atoms with Crippen molar-refractivity contribution in [1.82, 2.24) is 15.0 Å². The topological polar surface area (TPSA) is 72.0 Å². The zero-order chi connectivity index (χ0) is 20.9. The highest BCUT2D eigenvalue weighted by atomic mass is 19.4. The van der Waals surface area contributed by atoms with E-state index >= 15 is 0 Å². The number of nitrogens with one attached hydrogen (secondary N) is 2. The Morgan fingerprint density at radius 1 is 1.07 bits per heavy atom. The summed E-state index contributed by atoms with van der Waals surface area (Å²) in [6.07, 6.45) is -0.666. The molecule has 9 heteroatoms. The van der Waals surface area contributed by atoms with Crippen LogP contribution in [-0.4, -0.2) is 27.4 Å². The first-order valence-corrected chi connectivity index (χ1v) is 9.02. The van der Waals surface area contributed by atoms with Gasteiger partial charge < -0.3 is 15.4 Å². The molecule has 2 N–H and O–H groups in total. The van der Waals surface area contributed by atoms with Gasteiger partial charge in [-0.1, -0.05) is 19.1 Å². The summed E-state index contributed by atoms with van der Waals surface area (Å²) in [7, 11) is 0. The number of hydrogen-bond acceptors (Lipinski definition) is 6. The van der Waals surface area contributed by atoms with Gasteiger partial charge in [0, 0.05) is 30.1 Å². The maximum atomic E-state index is 12.7. The van der Waals surface area contributed by atoms with Crippen molar-refractivity contribution in [3.8, 4) is 17.0 Å². The van der Waals surface area contributed by atoms with Crippen molar-refractivity contribution in [2.45, 2.75) is 32.7 Å². The summed E-state index contributed by atoms with van der Waals surface area (Å²) in [4.78, 5) is 12.9. The second kappa shape index (κ2) is 8.76. The lowest BCUT2D eigenvalue weighted by atomic mass is 10.2. The monoisotopic (exact) mass is 403 g/mol. The third kappa shape index (κ3) is 5.81. The normalized spacial score (nSPS) is 12.3. The Morgan fingerprint density at radius 3 is 2.48 bits per heavy atom. The molecule has 2 aromatic heterocycles. The van der Waals surface area contributed by atoms with E-state index in [4.69, 9.17) is 0 Å². The number of pyridine rings is 1. The van der Waals surface area contributed by atoms with Gasteiger partial charge in [-0.05, 0) is 37.6 Å². The maximum absolute atomic E-state index is 12.7. The van der Waals surface area contributed by atoms with E-state index in [1.165, 1.54) is 18.2 Å². The molecule has 1 atom stereocenters. The lowest BCUT2D eigenvalue weighted by molar-refractivity contribution is -0.274. The van der Waals surface area contributed by atoms with Crippen LogP contribution in [0.4, 0.5) is 30.6 Å². The Balaban J connectivity index is 1.98. The van der Waals surface area contributed by atoms with E-state index in [1.54, 1.807) is 36.7 Å². The minimum Gasteiger partial charge on any atom is -0.404 e. The van der Waals surface area contributed by atoms with Crippen LogP contribution in [0.3, 0.4) is 0 Å². The van der Waals surface area contributed by atoms with E-state index in [9.17, 15) is 13.2 Å². The van der Waals surface area contributed by atoms with Gasteiger partial charge in [0.25, 0.3) is 0 Å². The van der Waals surface area contributed by atoms with Gasteiger partial charge >= 0.3 is 6.36 Å². The molecule has 29 heavy (non-hydrogen) atoms. The molecule has 0 unspecified atom stereocenters. The van der Waals surface area contributed by atoms with E-state index in [1.807, 2.05) is 13.8 Å². The summed E-state index contributed by atoms with van der Waals surface area (Å²) in [5.41, 5.74) is 1.54. The van der Waals surface area contributed by atoms with Gasteiger partial charge in [0.05, 0.1) is 11.4 Å². The molecule has 6 nitrogen and oxygen atoms in total. The number of rotatable bonds is 7. The van der Waals surface area contributed by atoms with E-state index < -0.39 is 6.36 Å². The SMILES string of the molecule is CC[C@@H](C)Nc1nc(Nc2ccccc2OC(F)(F)F)cc(-c2ccncc2)n1. The number of aromatic nitrogens is 3. The van der Waals surface area contributed by atoms with Gasteiger partial charge in [-0.2, -0.15) is 4.98 Å². The number of nitrogens with zero attached hydrogens (tertiary/aromatic N) is 3. The van der Waals surface area contributed by atoms with Crippen LogP contribution >= 0.6 is 0 Å². The van der Waals surface area contributed by atoms with Gasteiger partial charge in [0.2, 0.25) is 5.95 Å². The smallest absolute Gasteiger partial charge is 0.404 e. The molecule has 3 aromatic rings. The van der Waals surface area contributed by atoms with E-state index in [0.717, 1.165) is 12.0 Å². The summed E-state index contributed by atoms with van der Waals surface area (Å²) < 4.78 is 42.2. The Hall–Kier alpha value is -3.36. The van der Waals surface area contributed by atoms with E-state index in [0.29, 0.717) is 17.5 Å². The summed E-state index contributed by atoms with van der Waals surface area (Å²) >= 11 is 0. The van der Waals surface area contributed by atoms with Crippen LogP contribution in [0.15, 0.2) is 54.9 Å². The average Bonchev–Trinajstić information content (AvgIpc) is 2.69. The average molecular weight is 403 g/mol. The molecule has 0 bridgehead atoms. The number of hydrogen-bond donors (Lipinski definition) is 2. The van der Waals surface area contributed by atoms with Crippen LogP contribution in [0.1, 0.15) is 20.3 Å². The summed E-state index contributed by atoms with van der Waals surface area (Å²) in [5, 5.41) is 6.10. The maximum Gasteiger partial charge on any atom is 0.573 e. The van der Waals surface area contributed by atoms with Crippen LogP contribution < -0.4 is 15.4 Å². The van der Waals surface area contributed by atoms with Crippen LogP contribution in [-0.2, 0) is 0 Å². The van der Waals surface area contributed by atoms with Gasteiger partial charge in [-0.15, -0.1) is 13.2 Å². The third-order valence-electron chi connectivity index (χ3n) is 4.07. The molecule has 152 valence electrons. The van der Waals surface area contributed by atoms with Crippen molar-refractivity contribution in [2.24, 2.45) is 0 Å². The van der Waals surface area contributed by atoms with Gasteiger partial charge in [-0.3, -0.25) is 4.98 Å². The van der Waals surface area contributed by atoms with Crippen molar-refractivity contribution < 1.29 is 17.9 Å². The van der Waals surface area contributed by atoms with Crippen LogP contribution in [0, 0.1) is 0 Å². The molecule has 1 aromatic carbocycles. The molecule has 0 aliphatic rings. The van der Waals surface area contributed by atoms with Crippen molar-refractivity contribution in [2.75, 3.05) is 10.6 Å². The van der Waals surface area contributed by atoms with E-state index in [2.05, 4.69) is 30.3 Å². The number of alkyl halides is 3. The van der Waals surface area contributed by atoms with Crippen LogP contribution in [0.5, 0.6) is 5.75 Å². The fourth-order valence-corrected chi connectivity index (χ4v) is 2.49. The Kier molecular flexibility index (Phi) is 6.16. The van der Waals surface area contributed by atoms with Crippen LogP contribution in [0.2, 0.25) is 0 Å². The highest BCUT2D eigenvalue weighted by Crippen LogP contribution is 2.32. The minimum atomic E-state index is -4.80. The number of para-hydroxylation sites is 2. The Bertz CT molecular complexity index is 950. The predicted octanol–water partition coefficient (Wildman–Crippen LogP) is 5.39. The highest BCUT2D eigenvalue weighted by molar-refractivity contribution is 5.69. The molecule has 0 aliphatic carbocycles. The van der Waals surface area contributed by atoms with Crippen molar-refractivity contribution in [3.63, 3.8) is 0 Å². The van der Waals surface area contributed by atoms with Crippen LogP contribution in [0.25, 0.3) is 11.3 Å². The molecule has 0 saturated carbocycles. The first-order valence-electron chi connectivity index (χ1n) is 9.02. The molecular formula is C20H20F3N5O.